The lowest BCUT2D eigenvalue weighted by Gasteiger charge is -2.42. The number of hydrogen-bond donors (Lipinski definition) is 1. The van der Waals surface area contributed by atoms with Crippen LogP contribution in [-0.4, -0.2) is 6.54 Å². The third-order valence-electron chi connectivity index (χ3n) is 5.62. The maximum absolute atomic E-state index is 6.01. The fourth-order valence-electron chi connectivity index (χ4n) is 4.45. The summed E-state index contributed by atoms with van der Waals surface area (Å²) in [4.78, 5) is 0. The number of nitrogens with two attached hydrogens (primary N) is 1. The first-order chi connectivity index (χ1) is 8.24. The first-order valence-corrected chi connectivity index (χ1v) is 7.94. The number of rotatable bonds is 3. The zero-order chi connectivity index (χ0) is 12.3. The Balaban J connectivity index is 1.97. The summed E-state index contributed by atoms with van der Waals surface area (Å²) in [7, 11) is 0. The van der Waals surface area contributed by atoms with Gasteiger partial charge in [-0.3, -0.25) is 0 Å². The van der Waals surface area contributed by atoms with Crippen LogP contribution in [0.15, 0.2) is 0 Å². The van der Waals surface area contributed by atoms with Crippen LogP contribution in [0.1, 0.15) is 65.2 Å². The van der Waals surface area contributed by atoms with Crippen LogP contribution in [0.3, 0.4) is 0 Å². The molecule has 2 N–H and O–H groups in total. The van der Waals surface area contributed by atoms with Gasteiger partial charge in [0.05, 0.1) is 0 Å². The van der Waals surface area contributed by atoms with Crippen molar-refractivity contribution in [2.45, 2.75) is 65.2 Å². The van der Waals surface area contributed by atoms with Crippen LogP contribution in [-0.2, 0) is 0 Å². The summed E-state index contributed by atoms with van der Waals surface area (Å²) in [6.07, 6.45) is 11.6. The highest BCUT2D eigenvalue weighted by Crippen LogP contribution is 2.44. The van der Waals surface area contributed by atoms with Gasteiger partial charge in [-0.25, -0.2) is 0 Å². The predicted molar refractivity (Wildman–Crippen MR) is 74.8 cm³/mol. The molecule has 100 valence electrons. The highest BCUT2D eigenvalue weighted by atomic mass is 14.6. The molecule has 2 rings (SSSR count). The van der Waals surface area contributed by atoms with E-state index in [0.717, 1.165) is 36.1 Å². The third-order valence-corrected chi connectivity index (χ3v) is 5.62. The van der Waals surface area contributed by atoms with Gasteiger partial charge in [0.2, 0.25) is 0 Å². The molecule has 1 nitrogen and oxygen atoms in total. The molecule has 5 unspecified atom stereocenters. The summed E-state index contributed by atoms with van der Waals surface area (Å²) in [5.74, 6) is 4.77. The molecular formula is C16H31N. The van der Waals surface area contributed by atoms with Crippen molar-refractivity contribution in [2.75, 3.05) is 6.54 Å². The van der Waals surface area contributed by atoms with Gasteiger partial charge in [-0.1, -0.05) is 46.0 Å². The van der Waals surface area contributed by atoms with Crippen molar-refractivity contribution < 1.29 is 0 Å². The largest absolute Gasteiger partial charge is 0.330 e. The van der Waals surface area contributed by atoms with Crippen LogP contribution in [0.4, 0.5) is 0 Å². The Kier molecular flexibility index (Phi) is 4.90. The second kappa shape index (κ2) is 6.22. The normalized spacial score (nSPS) is 43.6. The maximum atomic E-state index is 6.01. The number of hydrogen-bond acceptors (Lipinski definition) is 1. The van der Waals surface area contributed by atoms with Crippen molar-refractivity contribution in [3.05, 3.63) is 0 Å². The Morgan fingerprint density at radius 1 is 1.06 bits per heavy atom. The molecule has 0 spiro atoms. The fourth-order valence-corrected chi connectivity index (χ4v) is 4.45. The first kappa shape index (κ1) is 13.4. The molecule has 2 aliphatic carbocycles. The highest BCUT2D eigenvalue weighted by molar-refractivity contribution is 4.86. The lowest BCUT2D eigenvalue weighted by Crippen LogP contribution is -2.36. The van der Waals surface area contributed by atoms with Crippen molar-refractivity contribution in [1.29, 1.82) is 0 Å². The van der Waals surface area contributed by atoms with E-state index in [-0.39, 0.29) is 0 Å². The van der Waals surface area contributed by atoms with E-state index < -0.39 is 0 Å². The monoisotopic (exact) mass is 237 g/mol. The van der Waals surface area contributed by atoms with Crippen LogP contribution in [0, 0.1) is 29.6 Å². The van der Waals surface area contributed by atoms with Crippen molar-refractivity contribution in [3.63, 3.8) is 0 Å². The van der Waals surface area contributed by atoms with Gasteiger partial charge in [0.25, 0.3) is 0 Å². The van der Waals surface area contributed by atoms with E-state index in [2.05, 4.69) is 13.8 Å². The average Bonchev–Trinajstić information content (AvgIpc) is 2.39. The SMILES string of the molecule is CCC1CCCC(C2CC(C)CCC2CN)C1. The van der Waals surface area contributed by atoms with E-state index in [0.29, 0.717) is 0 Å². The molecule has 0 saturated heterocycles. The van der Waals surface area contributed by atoms with Gasteiger partial charge in [0.1, 0.15) is 0 Å². The summed E-state index contributed by atoms with van der Waals surface area (Å²) in [5.41, 5.74) is 6.01. The minimum atomic E-state index is 0.840. The van der Waals surface area contributed by atoms with Crippen LogP contribution >= 0.6 is 0 Å². The van der Waals surface area contributed by atoms with E-state index in [9.17, 15) is 0 Å². The highest BCUT2D eigenvalue weighted by Gasteiger charge is 2.35. The van der Waals surface area contributed by atoms with Gasteiger partial charge in [-0.05, 0) is 55.4 Å². The minimum absolute atomic E-state index is 0.840. The van der Waals surface area contributed by atoms with Crippen LogP contribution in [0.2, 0.25) is 0 Å². The molecule has 0 aliphatic heterocycles. The Hall–Kier alpha value is -0.0400. The topological polar surface area (TPSA) is 26.0 Å². The molecule has 2 saturated carbocycles. The van der Waals surface area contributed by atoms with Crippen molar-refractivity contribution in [3.8, 4) is 0 Å². The van der Waals surface area contributed by atoms with Gasteiger partial charge in [0, 0.05) is 0 Å². The average molecular weight is 237 g/mol. The summed E-state index contributed by atoms with van der Waals surface area (Å²) >= 11 is 0. The minimum Gasteiger partial charge on any atom is -0.330 e. The van der Waals surface area contributed by atoms with E-state index in [1.807, 2.05) is 0 Å². The summed E-state index contributed by atoms with van der Waals surface area (Å²) in [5, 5.41) is 0. The van der Waals surface area contributed by atoms with Gasteiger partial charge >= 0.3 is 0 Å². The molecule has 0 aromatic carbocycles. The van der Waals surface area contributed by atoms with Crippen molar-refractivity contribution in [1.82, 2.24) is 0 Å². The smallest absolute Gasteiger partial charge is 0.00461 e. The summed E-state index contributed by atoms with van der Waals surface area (Å²) in [6, 6.07) is 0. The van der Waals surface area contributed by atoms with E-state index >= 15 is 0 Å². The lowest BCUT2D eigenvalue weighted by molar-refractivity contribution is 0.0873. The molecular weight excluding hydrogens is 206 g/mol. The molecule has 0 bridgehead atoms. The molecule has 0 aromatic heterocycles. The second-order valence-electron chi connectivity index (χ2n) is 6.78. The van der Waals surface area contributed by atoms with Crippen molar-refractivity contribution in [2.24, 2.45) is 35.3 Å². The van der Waals surface area contributed by atoms with Crippen LogP contribution < -0.4 is 5.73 Å². The van der Waals surface area contributed by atoms with E-state index in [4.69, 9.17) is 5.73 Å². The summed E-state index contributed by atoms with van der Waals surface area (Å²) < 4.78 is 0. The molecule has 2 aliphatic rings. The van der Waals surface area contributed by atoms with E-state index in [1.54, 1.807) is 0 Å². The van der Waals surface area contributed by atoms with Gasteiger partial charge < -0.3 is 5.73 Å². The van der Waals surface area contributed by atoms with Crippen LogP contribution in [0.25, 0.3) is 0 Å². The quantitative estimate of drug-likeness (QED) is 0.781. The van der Waals surface area contributed by atoms with Crippen molar-refractivity contribution >= 4 is 0 Å². The Bertz CT molecular complexity index is 226. The van der Waals surface area contributed by atoms with Crippen LogP contribution in [0.5, 0.6) is 0 Å². The second-order valence-corrected chi connectivity index (χ2v) is 6.78. The summed E-state index contributed by atoms with van der Waals surface area (Å²) in [6.45, 7) is 5.75. The Labute approximate surface area is 108 Å². The fraction of sp³-hybridized carbons (Fsp3) is 1.00. The standard InChI is InChI=1S/C16H31N/c1-3-13-5-4-6-14(10-13)16-9-12(2)7-8-15(16)11-17/h12-16H,3-11,17H2,1-2H3. The molecule has 5 atom stereocenters. The zero-order valence-corrected chi connectivity index (χ0v) is 11.8. The van der Waals surface area contributed by atoms with E-state index in [1.165, 1.54) is 51.4 Å². The first-order valence-electron chi connectivity index (χ1n) is 7.94. The molecule has 0 heterocycles. The van der Waals surface area contributed by atoms with Gasteiger partial charge in [-0.15, -0.1) is 0 Å². The zero-order valence-electron chi connectivity index (χ0n) is 11.8. The predicted octanol–water partition coefficient (Wildman–Crippen LogP) is 4.21. The Morgan fingerprint density at radius 3 is 2.59 bits per heavy atom. The maximum Gasteiger partial charge on any atom is -0.00461 e. The molecule has 0 aromatic rings. The Morgan fingerprint density at radius 2 is 1.88 bits per heavy atom. The molecule has 1 heteroatoms. The molecule has 17 heavy (non-hydrogen) atoms. The molecule has 2 fully saturated rings. The molecule has 0 amide bonds. The molecule has 0 radical (unpaired) electrons. The van der Waals surface area contributed by atoms with Gasteiger partial charge in [0.15, 0.2) is 0 Å². The lowest BCUT2D eigenvalue weighted by atomic mass is 9.64. The third kappa shape index (κ3) is 3.24. The van der Waals surface area contributed by atoms with Gasteiger partial charge in [-0.2, -0.15) is 0 Å².